The molecule has 120 heavy (non-hydrogen) atoms. The quantitative estimate of drug-likeness (QED) is 0.0152. The summed E-state index contributed by atoms with van der Waals surface area (Å²) in [6, 6.07) is 3.08. The molecule has 6 unspecified atom stereocenters. The first-order valence-corrected chi connectivity index (χ1v) is 43.0. The third-order valence-electron chi connectivity index (χ3n) is 18.4. The third-order valence-corrected chi connectivity index (χ3v) is 24.4. The number of aliphatic hydroxyl groups excluding tert-OH is 2. The zero-order valence-corrected chi connectivity index (χ0v) is 66.3. The first-order valence-electron chi connectivity index (χ1n) is 37.5. The fourth-order valence-electron chi connectivity index (χ4n) is 13.0. The summed E-state index contributed by atoms with van der Waals surface area (Å²) < 4.78 is 212. The highest BCUT2D eigenvalue weighted by Gasteiger charge is 2.53. The first kappa shape index (κ1) is 79.8. The molecule has 29 atom stereocenters. The van der Waals surface area contributed by atoms with Gasteiger partial charge in [-0.3, -0.25) is 102 Å². The lowest BCUT2D eigenvalue weighted by Gasteiger charge is -2.28. The van der Waals surface area contributed by atoms with Gasteiger partial charge in [-0.2, -0.15) is 19.9 Å². The van der Waals surface area contributed by atoms with E-state index in [0.717, 1.165) is 69.7 Å². The molecule has 0 radical (unpaired) electrons. The molecule has 0 saturated carbocycles. The number of nitrogen functional groups attached to an aromatic ring is 5. The lowest BCUT2D eigenvalue weighted by Crippen LogP contribution is -2.35. The van der Waals surface area contributed by atoms with Gasteiger partial charge in [-0.1, -0.05) is 15.9 Å². The van der Waals surface area contributed by atoms with Crippen LogP contribution in [0.3, 0.4) is 0 Å². The largest absolute Gasteiger partial charge is 0.473 e. The van der Waals surface area contributed by atoms with Crippen LogP contribution in [0.5, 0.6) is 0 Å². The van der Waals surface area contributed by atoms with Crippen LogP contribution in [0.4, 0.5) is 29.4 Å². The van der Waals surface area contributed by atoms with Crippen LogP contribution in [0, 0.1) is 0 Å². The Kier molecular flexibility index (Phi) is 22.8. The molecule has 0 aliphatic carbocycles. The highest BCUT2D eigenvalue weighted by molar-refractivity contribution is 9.09. The number of halogens is 1. The van der Waals surface area contributed by atoms with E-state index in [4.69, 9.17) is 105 Å². The van der Waals surface area contributed by atoms with Crippen LogP contribution in [-0.4, -0.2) is 233 Å². The van der Waals surface area contributed by atoms with Crippen molar-refractivity contribution >= 4 is 118 Å². The molecule has 6 aliphatic rings. The number of anilines is 5. The summed E-state index contributed by atoms with van der Waals surface area (Å²) in [5.74, 6) is -1.47. The van der Waals surface area contributed by atoms with Crippen molar-refractivity contribution in [3.05, 3.63) is 125 Å². The van der Waals surface area contributed by atoms with Crippen LogP contribution >= 0.6 is 55.0 Å². The number of imidazole rings is 3. The number of phosphoric acid groups is 5. The van der Waals surface area contributed by atoms with Gasteiger partial charge in [0.25, 0.3) is 16.7 Å². The van der Waals surface area contributed by atoms with Crippen molar-refractivity contribution in [1.82, 2.24) is 87.2 Å². The number of phosphoric ester groups is 5. The van der Waals surface area contributed by atoms with Crippen LogP contribution in [0.15, 0.2) is 90.9 Å². The molecule has 6 fully saturated rings. The number of nitrogens with one attached hydrogen (secondary N) is 3. The highest BCUT2D eigenvalue weighted by Crippen LogP contribution is 2.58. The number of alkyl halides is 1. The molecule has 0 bridgehead atoms. The van der Waals surface area contributed by atoms with Crippen LogP contribution in [0.2, 0.25) is 0 Å². The normalized spacial score (nSPS) is 33.6. The molecule has 15 rings (SSSR count). The van der Waals surface area contributed by atoms with E-state index in [1.165, 1.54) is 10.6 Å². The number of aromatic amines is 3. The SMILES string of the molecule is [2H][C@@H]1[C@H](O)[C@@H](COP(=O)(O)O[C@H]2[C@@H]([2H])[C@H](n3cnc4c(=O)[nH]c(N)nc43)O[C@@H]2COP(=O)(O)O[C@H]2[C@@H]([2H])[C@H](n3ccc(=O)[nH]c3=O)O[C@@H]2C(Br)OP(=O)(O)O[C@H]2C[C@H](n3cnc4c(N)ncnc43)O[C@@H]2COP(=O)(O)O[C@H]2[C@@H]([2H])[C@H](n3ccc(N)nc3=O)O[C@@H]2COP(=O)(O)O[C@H]2[C@@H]([2H])[C@H](n3cnc4c(=O)[nH]c(N)nc43)O[C@@H]2CO)O[C@H]1n1ccc(N)nc1=O. The molecule has 57 nitrogen and oxygen atoms in total. The van der Waals surface area contributed by atoms with Gasteiger partial charge in [0.05, 0.1) is 58.1 Å². The van der Waals surface area contributed by atoms with Gasteiger partial charge >= 0.3 is 56.2 Å². The number of hydrogen-bond acceptors (Lipinski definition) is 43. The molecular weight excluding hydrogens is 1790 g/mol. The number of fused-ring (bicyclic) bond motifs is 3. The number of rotatable bonds is 32. The molecule has 63 heteroatoms. The summed E-state index contributed by atoms with van der Waals surface area (Å²) in [6.07, 6.45) is -36.6. The van der Waals surface area contributed by atoms with Gasteiger partial charge in [0, 0.05) is 69.9 Å². The minimum Gasteiger partial charge on any atom is -0.394 e. The summed E-state index contributed by atoms with van der Waals surface area (Å²) in [4.78, 5) is 176. The molecule has 15 heterocycles. The summed E-state index contributed by atoms with van der Waals surface area (Å²) in [5, 5.41) is 19.0. The van der Waals surface area contributed by atoms with Crippen molar-refractivity contribution in [2.45, 2.75) is 154 Å². The molecule has 6 saturated heterocycles. The van der Waals surface area contributed by atoms with Gasteiger partial charge in [-0.05, 0) is 12.1 Å². The van der Waals surface area contributed by atoms with E-state index in [1.807, 2.05) is 4.98 Å². The Labute approximate surface area is 681 Å². The van der Waals surface area contributed by atoms with E-state index in [9.17, 15) is 90.4 Å². The van der Waals surface area contributed by atoms with Crippen LogP contribution in [-0.2, 0) is 96.5 Å². The third kappa shape index (κ3) is 19.1. The minimum absolute atomic E-state index is 0.00482. The Morgan fingerprint density at radius 1 is 0.475 bits per heavy atom. The molecule has 650 valence electrons. The highest BCUT2D eigenvalue weighted by atomic mass is 79.9. The maximum atomic E-state index is 14.7. The average Bonchev–Trinajstić information content (AvgIpc) is 1.62. The van der Waals surface area contributed by atoms with Gasteiger partial charge in [0.1, 0.15) is 128 Å². The predicted molar refractivity (Wildman–Crippen MR) is 397 cm³/mol. The zero-order valence-electron chi connectivity index (χ0n) is 65.2. The Morgan fingerprint density at radius 2 is 0.883 bits per heavy atom. The molecular formula is C57H71BrN23O34P5. The van der Waals surface area contributed by atoms with Crippen molar-refractivity contribution in [2.24, 2.45) is 0 Å². The second-order valence-corrected chi connectivity index (χ2v) is 34.3. The fourth-order valence-corrected chi connectivity index (χ4v) is 18.7. The number of aromatic nitrogens is 18. The number of nitrogens with two attached hydrogens (primary N) is 5. The summed E-state index contributed by atoms with van der Waals surface area (Å²) in [7, 11) is -28.8. The molecule has 20 N–H and O–H groups in total. The van der Waals surface area contributed by atoms with Gasteiger partial charge in [-0.25, -0.2) is 62.1 Å². The van der Waals surface area contributed by atoms with E-state index >= 15 is 0 Å². The zero-order chi connectivity index (χ0) is 89.7. The topological polar surface area (TPSA) is 800 Å². The summed E-state index contributed by atoms with van der Waals surface area (Å²) in [6.45, 7) is -5.78. The second kappa shape index (κ2) is 34.3. The summed E-state index contributed by atoms with van der Waals surface area (Å²) in [5.41, 5.74) is 21.7. The first-order chi connectivity index (χ1) is 58.9. The number of H-pyrrole nitrogens is 3. The van der Waals surface area contributed by atoms with Crippen molar-refractivity contribution in [3.8, 4) is 0 Å². The van der Waals surface area contributed by atoms with Crippen LogP contribution < -0.4 is 62.4 Å². The number of aliphatic hydroxyl groups is 2. The van der Waals surface area contributed by atoms with Gasteiger partial charge in [0.2, 0.25) is 11.9 Å². The van der Waals surface area contributed by atoms with E-state index in [-0.39, 0.29) is 56.9 Å². The number of ether oxygens (including phenoxy) is 6. The van der Waals surface area contributed by atoms with Crippen molar-refractivity contribution in [1.29, 1.82) is 0 Å². The lowest BCUT2D eigenvalue weighted by molar-refractivity contribution is -0.0683. The van der Waals surface area contributed by atoms with Gasteiger partial charge in [0.15, 0.2) is 38.8 Å². The molecule has 6 aliphatic heterocycles. The van der Waals surface area contributed by atoms with Crippen molar-refractivity contribution in [2.75, 3.05) is 61.7 Å². The molecule has 9 aromatic heterocycles. The summed E-state index contributed by atoms with van der Waals surface area (Å²) >= 11 is 3.03. The molecule has 9 aromatic rings. The van der Waals surface area contributed by atoms with E-state index in [2.05, 4.69) is 70.8 Å². The minimum atomic E-state index is -5.93. The molecule has 0 amide bonds. The Balaban J connectivity index is 0.654. The Hall–Kier alpha value is -8.60. The second-order valence-electron chi connectivity index (χ2n) is 26.4. The average molecular weight is 1860 g/mol. The van der Waals surface area contributed by atoms with Crippen LogP contribution in [0.1, 0.15) is 82.6 Å². The van der Waals surface area contributed by atoms with E-state index in [0.29, 0.717) is 9.13 Å². The lowest BCUT2D eigenvalue weighted by atomic mass is 10.2. The Bertz CT molecular complexity index is 6230. The number of hydrogen-bond donors (Lipinski definition) is 15. The van der Waals surface area contributed by atoms with Crippen molar-refractivity contribution < 1.29 is 138 Å². The monoisotopic (exact) mass is 1860 g/mol. The number of nitrogens with zero attached hydrogens (tertiary/aromatic N) is 15. The van der Waals surface area contributed by atoms with Gasteiger partial charge < -0.3 is 91.8 Å². The molecule has 0 spiro atoms. The van der Waals surface area contributed by atoms with Crippen molar-refractivity contribution in [3.63, 3.8) is 0 Å². The fraction of sp³-hybridized carbons (Fsp3) is 0.526. The maximum absolute atomic E-state index is 14.7. The standard InChI is InChI=1S/C57H71BrN23O34P5/c58-46(45-27(12-38(109-45)78-6-3-35(84)71-57(78)89)114-119(96,97)103-16-31-25(10-41(108-31)81-21-68-44-50(81)73-54(63)75-52(44)86)112-116(90,91)100-14-29-22(83)7-36(105-29)76-4-1-33(59)69-55(76)87)115-120(98,99)113-26-11-39(79-19-66-42-47(61)64-18-65-48(42)79)107-32(26)17-102-118(94,95)111-24-9-37(77-5-2-34(60)70-56(77)88)106-30(24)15-101-117(92,93)110-23-8-40(104-28(23)13-82)80-20-67-43-49(80)72-53(62)74-51(43)85/h1-6,18-32,36-41,45-46,82-83H,7-17H2,(H,90,91)(H,92,93)(H,94,95)(H,96,97)(H,98,99)(H2,59,69,87)(H2,60,70,88)(H2,61,64,65)(H,71,84,89)(H3,62,72,74,85)(H3,63,73,75,86)/t22-,23-,24-,25-,26-,27-,28+,29+,30+,31+,32+,36+,37+,38+,39+,40+,41+,45-,46?/m0/s1/i7D,8D,9D,10D,12D/t7-,8-,9-,10-,12-,22+,23+,24+,25+,26+,27+,28-,29-,30-,31-,32-,36-,37-,38-,39-,40-,41-,45+,46?/m1. The van der Waals surface area contributed by atoms with Crippen LogP contribution in [0.25, 0.3) is 33.5 Å². The van der Waals surface area contributed by atoms with E-state index in [1.54, 1.807) is 0 Å². The Morgan fingerprint density at radius 3 is 1.39 bits per heavy atom. The smallest absolute Gasteiger partial charge is 0.394 e. The molecule has 0 aromatic carbocycles. The van der Waals surface area contributed by atoms with Gasteiger partial charge in [-0.15, -0.1) is 0 Å². The van der Waals surface area contributed by atoms with E-state index < -0.39 is 266 Å². The maximum Gasteiger partial charge on any atom is 0.473 e. The predicted octanol–water partition coefficient (Wildman–Crippen LogP) is -2.62.